The van der Waals surface area contributed by atoms with Crippen molar-refractivity contribution in [2.45, 2.75) is 0 Å². The van der Waals surface area contributed by atoms with Crippen LogP contribution in [0.15, 0.2) is 24.3 Å². The summed E-state index contributed by atoms with van der Waals surface area (Å²) in [5.74, 6) is 0. The van der Waals surface area contributed by atoms with E-state index in [1.165, 1.54) is 0 Å². The highest BCUT2D eigenvalue weighted by molar-refractivity contribution is 14.1. The van der Waals surface area contributed by atoms with Gasteiger partial charge >= 0.3 is 0 Å². The molecule has 1 aliphatic carbocycles. The molecule has 0 saturated heterocycles. The third kappa shape index (κ3) is 1.19. The van der Waals surface area contributed by atoms with Crippen molar-refractivity contribution in [3.63, 3.8) is 0 Å². The highest BCUT2D eigenvalue weighted by atomic mass is 127. The first kappa shape index (κ1) is 9.77. The maximum absolute atomic E-state index is 10.9. The van der Waals surface area contributed by atoms with E-state index in [-0.39, 0.29) is 10.6 Å². The predicted molar refractivity (Wildman–Crippen MR) is 72.2 cm³/mol. The number of hydrogen-bond donors (Lipinski definition) is 0. The maximum Gasteiger partial charge on any atom is 0.283 e. The molecule has 2 aromatic rings. The molecular weight excluding hydrogens is 317 g/mol. The lowest BCUT2D eigenvalue weighted by atomic mass is 10.0. The monoisotopic (exact) mass is 323 g/mol. The largest absolute Gasteiger partial charge is 0.283 e. The van der Waals surface area contributed by atoms with Crippen LogP contribution in [-0.2, 0) is 0 Å². The van der Waals surface area contributed by atoms with Gasteiger partial charge in [0.25, 0.3) is 5.69 Å². The molecule has 1 aliphatic rings. The van der Waals surface area contributed by atoms with Gasteiger partial charge in [0.05, 0.1) is 8.49 Å². The van der Waals surface area contributed by atoms with Crippen LogP contribution in [0.4, 0.5) is 5.69 Å². The summed E-state index contributed by atoms with van der Waals surface area (Å²) in [7, 11) is 0. The van der Waals surface area contributed by atoms with Gasteiger partial charge in [-0.1, -0.05) is 30.4 Å². The highest BCUT2D eigenvalue weighted by Crippen LogP contribution is 2.38. The number of benzene rings is 2. The van der Waals surface area contributed by atoms with Crippen molar-refractivity contribution >= 4 is 51.2 Å². The molecule has 0 aromatic heterocycles. The molecule has 4 heteroatoms. The number of rotatable bonds is 1. The van der Waals surface area contributed by atoms with Gasteiger partial charge in [-0.05, 0) is 39.1 Å². The van der Waals surface area contributed by atoms with Gasteiger partial charge in [-0.25, -0.2) is 0 Å². The SMILES string of the molecule is O=[N+]([O-])c1cc2c3c(cccc3c1I)C=C2. The first-order valence-electron chi connectivity index (χ1n) is 4.76. The lowest BCUT2D eigenvalue weighted by Gasteiger charge is -2.05. The fraction of sp³-hybridized carbons (Fsp3) is 0. The zero-order valence-corrected chi connectivity index (χ0v) is 10.3. The van der Waals surface area contributed by atoms with Crippen LogP contribution in [0.3, 0.4) is 0 Å². The number of nitro benzene ring substituents is 1. The third-order valence-corrected chi connectivity index (χ3v) is 3.91. The van der Waals surface area contributed by atoms with E-state index in [1.807, 2.05) is 52.9 Å². The van der Waals surface area contributed by atoms with Gasteiger partial charge < -0.3 is 0 Å². The Balaban J connectivity index is 2.52. The molecule has 0 amide bonds. The van der Waals surface area contributed by atoms with Gasteiger partial charge in [-0.2, -0.15) is 0 Å². The Morgan fingerprint density at radius 2 is 1.94 bits per heavy atom. The minimum atomic E-state index is -0.323. The molecule has 3 nitrogen and oxygen atoms in total. The van der Waals surface area contributed by atoms with E-state index in [0.717, 1.165) is 21.9 Å². The number of hydrogen-bond acceptors (Lipinski definition) is 2. The summed E-state index contributed by atoms with van der Waals surface area (Å²) < 4.78 is 0.715. The summed E-state index contributed by atoms with van der Waals surface area (Å²) in [6, 6.07) is 7.54. The molecule has 0 unspecified atom stereocenters. The fourth-order valence-electron chi connectivity index (χ4n) is 2.08. The van der Waals surface area contributed by atoms with Crippen LogP contribution in [-0.4, -0.2) is 4.92 Å². The Labute approximate surface area is 105 Å². The standard InChI is InChI=1S/C12H6INO2/c13-12-9-3-1-2-7-4-5-8(11(7)9)6-10(12)14(15)16/h1-6H. The molecule has 16 heavy (non-hydrogen) atoms. The zero-order valence-electron chi connectivity index (χ0n) is 8.11. The summed E-state index contributed by atoms with van der Waals surface area (Å²) >= 11 is 2.05. The van der Waals surface area contributed by atoms with Crippen molar-refractivity contribution in [1.82, 2.24) is 0 Å². The van der Waals surface area contributed by atoms with E-state index < -0.39 is 0 Å². The quantitative estimate of drug-likeness (QED) is 0.388. The zero-order chi connectivity index (χ0) is 11.3. The normalized spacial score (nSPS) is 12.3. The van der Waals surface area contributed by atoms with Crippen molar-refractivity contribution in [2.75, 3.05) is 0 Å². The molecule has 0 radical (unpaired) electrons. The highest BCUT2D eigenvalue weighted by Gasteiger charge is 2.20. The Kier molecular flexibility index (Phi) is 2.00. The molecule has 78 valence electrons. The summed E-state index contributed by atoms with van der Waals surface area (Å²) in [6.45, 7) is 0. The van der Waals surface area contributed by atoms with Crippen LogP contribution in [0, 0.1) is 13.7 Å². The van der Waals surface area contributed by atoms with E-state index in [1.54, 1.807) is 6.07 Å². The average molecular weight is 323 g/mol. The third-order valence-electron chi connectivity index (χ3n) is 2.78. The Hall–Kier alpha value is -1.43. The molecule has 3 rings (SSSR count). The van der Waals surface area contributed by atoms with Crippen LogP contribution in [0.25, 0.3) is 22.9 Å². The lowest BCUT2D eigenvalue weighted by molar-refractivity contribution is -0.385. The van der Waals surface area contributed by atoms with E-state index in [0.29, 0.717) is 3.57 Å². The molecule has 0 aliphatic heterocycles. The van der Waals surface area contributed by atoms with Crippen LogP contribution < -0.4 is 0 Å². The summed E-state index contributed by atoms with van der Waals surface area (Å²) in [5, 5.41) is 13.0. The van der Waals surface area contributed by atoms with Crippen molar-refractivity contribution in [2.24, 2.45) is 0 Å². The molecule has 0 heterocycles. The van der Waals surface area contributed by atoms with E-state index in [4.69, 9.17) is 0 Å². The Bertz CT molecular complexity index is 662. The molecule has 0 bridgehead atoms. The summed E-state index contributed by atoms with van der Waals surface area (Å²) in [6.07, 6.45) is 3.93. The van der Waals surface area contributed by atoms with Gasteiger partial charge in [0.2, 0.25) is 0 Å². The Morgan fingerprint density at radius 1 is 1.19 bits per heavy atom. The summed E-state index contributed by atoms with van der Waals surface area (Å²) in [4.78, 5) is 10.6. The minimum absolute atomic E-state index is 0.187. The van der Waals surface area contributed by atoms with Crippen LogP contribution in [0.1, 0.15) is 11.1 Å². The van der Waals surface area contributed by atoms with Crippen LogP contribution in [0.5, 0.6) is 0 Å². The second-order valence-electron chi connectivity index (χ2n) is 3.66. The molecule has 0 N–H and O–H groups in total. The smallest absolute Gasteiger partial charge is 0.258 e. The van der Waals surface area contributed by atoms with Gasteiger partial charge in [-0.3, -0.25) is 10.1 Å². The van der Waals surface area contributed by atoms with Gasteiger partial charge in [0.1, 0.15) is 0 Å². The molecule has 0 fully saturated rings. The van der Waals surface area contributed by atoms with Crippen molar-refractivity contribution in [1.29, 1.82) is 0 Å². The van der Waals surface area contributed by atoms with Crippen molar-refractivity contribution in [3.05, 3.63) is 49.1 Å². The van der Waals surface area contributed by atoms with Crippen LogP contribution >= 0.6 is 22.6 Å². The fourth-order valence-corrected chi connectivity index (χ4v) is 2.88. The predicted octanol–water partition coefficient (Wildman–Crippen LogP) is 3.84. The van der Waals surface area contributed by atoms with Crippen LogP contribution in [0.2, 0.25) is 0 Å². The molecular formula is C12H6INO2. The second-order valence-corrected chi connectivity index (χ2v) is 4.74. The summed E-state index contributed by atoms with van der Waals surface area (Å²) in [5.41, 5.74) is 2.27. The first-order valence-corrected chi connectivity index (χ1v) is 5.84. The van der Waals surface area contributed by atoms with Gasteiger partial charge in [0.15, 0.2) is 0 Å². The van der Waals surface area contributed by atoms with E-state index >= 15 is 0 Å². The molecule has 0 spiro atoms. The maximum atomic E-state index is 10.9. The first-order chi connectivity index (χ1) is 7.68. The molecule has 0 atom stereocenters. The van der Waals surface area contributed by atoms with E-state index in [2.05, 4.69) is 0 Å². The average Bonchev–Trinajstić information content (AvgIpc) is 2.67. The second kappa shape index (κ2) is 3.28. The van der Waals surface area contributed by atoms with E-state index in [9.17, 15) is 10.1 Å². The Morgan fingerprint density at radius 3 is 2.69 bits per heavy atom. The van der Waals surface area contributed by atoms with Crippen molar-refractivity contribution in [3.8, 4) is 0 Å². The number of halogens is 1. The minimum Gasteiger partial charge on any atom is -0.258 e. The molecule has 2 aromatic carbocycles. The van der Waals surface area contributed by atoms with Crippen molar-refractivity contribution < 1.29 is 4.92 Å². The number of nitro groups is 1. The molecule has 0 saturated carbocycles. The lowest BCUT2D eigenvalue weighted by Crippen LogP contribution is -1.94. The number of nitrogens with zero attached hydrogens (tertiary/aromatic N) is 1. The van der Waals surface area contributed by atoms with Gasteiger partial charge in [-0.15, -0.1) is 0 Å². The van der Waals surface area contributed by atoms with Gasteiger partial charge in [0, 0.05) is 11.5 Å². The topological polar surface area (TPSA) is 43.1 Å².